The SMILES string of the molecule is O=c1[nH]cccc1CC1CCN(CC23CC(c4ccccc42)c2ccc(Cl)cc23)CC1. The second-order valence-electron chi connectivity index (χ2n) is 9.61. The molecule has 6 rings (SSSR count). The summed E-state index contributed by atoms with van der Waals surface area (Å²) in [6.45, 7) is 3.26. The van der Waals surface area contributed by atoms with Gasteiger partial charge in [-0.1, -0.05) is 48.0 Å². The minimum absolute atomic E-state index is 0.0604. The highest BCUT2D eigenvalue weighted by Crippen LogP contribution is 2.60. The number of nitrogens with one attached hydrogen (secondary N) is 1. The normalized spacial score (nSPS) is 24.9. The van der Waals surface area contributed by atoms with Gasteiger partial charge < -0.3 is 9.88 Å². The fraction of sp³-hybridized carbons (Fsp3) is 0.370. The van der Waals surface area contributed by atoms with Gasteiger partial charge in [0.05, 0.1) is 0 Å². The van der Waals surface area contributed by atoms with Gasteiger partial charge >= 0.3 is 0 Å². The maximum absolute atomic E-state index is 12.1. The summed E-state index contributed by atoms with van der Waals surface area (Å²) in [4.78, 5) is 17.5. The van der Waals surface area contributed by atoms with Crippen molar-refractivity contribution in [1.29, 1.82) is 0 Å². The molecule has 0 saturated carbocycles. The van der Waals surface area contributed by atoms with Crippen molar-refractivity contribution in [3.63, 3.8) is 0 Å². The molecule has 1 aliphatic heterocycles. The first kappa shape index (κ1) is 19.3. The Hall–Kier alpha value is -2.36. The van der Waals surface area contributed by atoms with E-state index in [-0.39, 0.29) is 11.0 Å². The van der Waals surface area contributed by atoms with E-state index in [1.54, 1.807) is 6.20 Å². The van der Waals surface area contributed by atoms with Crippen molar-refractivity contribution in [2.24, 2.45) is 5.92 Å². The largest absolute Gasteiger partial charge is 0.329 e. The number of fused-ring (bicyclic) bond motifs is 8. The number of halogens is 1. The van der Waals surface area contributed by atoms with E-state index >= 15 is 0 Å². The highest BCUT2D eigenvalue weighted by atomic mass is 35.5. The number of H-pyrrole nitrogens is 1. The van der Waals surface area contributed by atoms with Crippen LogP contribution in [0.5, 0.6) is 0 Å². The van der Waals surface area contributed by atoms with Crippen LogP contribution in [0.3, 0.4) is 0 Å². The van der Waals surface area contributed by atoms with Crippen molar-refractivity contribution in [3.8, 4) is 0 Å². The molecular weight excluding hydrogens is 404 g/mol. The highest BCUT2D eigenvalue weighted by Gasteiger charge is 2.53. The number of likely N-dealkylation sites (tertiary alicyclic amines) is 1. The van der Waals surface area contributed by atoms with Gasteiger partial charge in [-0.3, -0.25) is 4.79 Å². The minimum atomic E-state index is 0.0604. The molecule has 1 aromatic heterocycles. The number of aromatic nitrogens is 1. The first-order valence-corrected chi connectivity index (χ1v) is 11.8. The Morgan fingerprint density at radius 2 is 1.81 bits per heavy atom. The van der Waals surface area contributed by atoms with Crippen LogP contribution < -0.4 is 5.56 Å². The molecule has 2 bridgehead atoms. The van der Waals surface area contributed by atoms with Crippen molar-refractivity contribution in [2.45, 2.75) is 37.0 Å². The Balaban J connectivity index is 1.24. The Bertz CT molecular complexity index is 1190. The number of nitrogens with zero attached hydrogens (tertiary/aromatic N) is 1. The van der Waals surface area contributed by atoms with Gasteiger partial charge in [-0.05, 0) is 85.1 Å². The van der Waals surface area contributed by atoms with E-state index in [1.807, 2.05) is 18.2 Å². The smallest absolute Gasteiger partial charge is 0.251 e. The zero-order valence-electron chi connectivity index (χ0n) is 17.6. The second kappa shape index (κ2) is 7.36. The topological polar surface area (TPSA) is 36.1 Å². The second-order valence-corrected chi connectivity index (χ2v) is 10.0. The van der Waals surface area contributed by atoms with Gasteiger partial charge in [-0.2, -0.15) is 0 Å². The van der Waals surface area contributed by atoms with Crippen molar-refractivity contribution in [1.82, 2.24) is 9.88 Å². The molecule has 1 saturated heterocycles. The van der Waals surface area contributed by atoms with E-state index in [1.165, 1.54) is 28.7 Å². The lowest BCUT2D eigenvalue weighted by atomic mass is 9.74. The third kappa shape index (κ3) is 3.09. The first-order chi connectivity index (χ1) is 15.1. The van der Waals surface area contributed by atoms with Crippen LogP contribution in [-0.4, -0.2) is 29.5 Å². The number of benzene rings is 2. The minimum Gasteiger partial charge on any atom is -0.329 e. The van der Waals surface area contributed by atoms with Gasteiger partial charge in [-0.25, -0.2) is 0 Å². The van der Waals surface area contributed by atoms with Gasteiger partial charge in [0.2, 0.25) is 0 Å². The Labute approximate surface area is 188 Å². The molecule has 0 amide bonds. The Morgan fingerprint density at radius 3 is 2.65 bits per heavy atom. The maximum atomic E-state index is 12.1. The average Bonchev–Trinajstić information content (AvgIpc) is 3.28. The molecule has 158 valence electrons. The summed E-state index contributed by atoms with van der Waals surface area (Å²) in [6, 6.07) is 19.5. The van der Waals surface area contributed by atoms with E-state index in [4.69, 9.17) is 11.6 Å². The molecule has 0 spiro atoms. The number of aromatic amines is 1. The van der Waals surface area contributed by atoms with Crippen LogP contribution in [0.25, 0.3) is 0 Å². The van der Waals surface area contributed by atoms with Crippen molar-refractivity contribution < 1.29 is 0 Å². The summed E-state index contributed by atoms with van der Waals surface area (Å²) in [6.07, 6.45) is 6.07. The maximum Gasteiger partial charge on any atom is 0.251 e. The standard InChI is InChI=1S/C27H27ClN2O/c28-20-7-8-22-23-16-27(25(22)15-20,24-6-2-1-5-21(23)24)17-30-12-9-18(10-13-30)14-19-4-3-11-29-26(19)31/h1-8,11,15,18,23H,9-10,12-14,16-17H2,(H,29,31). The van der Waals surface area contributed by atoms with Gasteiger partial charge in [0.25, 0.3) is 5.56 Å². The fourth-order valence-corrected chi connectivity index (χ4v) is 6.65. The van der Waals surface area contributed by atoms with E-state index in [9.17, 15) is 4.79 Å². The van der Waals surface area contributed by atoms with Crippen LogP contribution in [0, 0.1) is 5.92 Å². The zero-order chi connectivity index (χ0) is 21.0. The van der Waals surface area contributed by atoms with E-state index in [0.29, 0.717) is 11.8 Å². The van der Waals surface area contributed by atoms with Crippen molar-refractivity contribution in [2.75, 3.05) is 19.6 Å². The number of hydrogen-bond acceptors (Lipinski definition) is 2. The molecule has 0 radical (unpaired) electrons. The van der Waals surface area contributed by atoms with Crippen LogP contribution in [-0.2, 0) is 11.8 Å². The van der Waals surface area contributed by atoms with Crippen molar-refractivity contribution >= 4 is 11.6 Å². The molecule has 2 unspecified atom stereocenters. The molecule has 1 fully saturated rings. The molecule has 3 aliphatic rings. The summed E-state index contributed by atoms with van der Waals surface area (Å²) >= 11 is 6.46. The van der Waals surface area contributed by atoms with Crippen LogP contribution in [0.15, 0.2) is 65.6 Å². The van der Waals surface area contributed by atoms with Gasteiger partial charge in [0.1, 0.15) is 0 Å². The monoisotopic (exact) mass is 430 g/mol. The third-order valence-electron chi connectivity index (χ3n) is 7.92. The molecule has 2 heterocycles. The molecule has 3 aromatic rings. The summed E-state index contributed by atoms with van der Waals surface area (Å²) in [7, 11) is 0. The molecule has 2 aromatic carbocycles. The Morgan fingerprint density at radius 1 is 1.00 bits per heavy atom. The van der Waals surface area contributed by atoms with Crippen molar-refractivity contribution in [3.05, 3.63) is 104 Å². The van der Waals surface area contributed by atoms with Crippen LogP contribution >= 0.6 is 11.6 Å². The third-order valence-corrected chi connectivity index (χ3v) is 8.15. The highest BCUT2D eigenvalue weighted by molar-refractivity contribution is 6.30. The molecule has 4 heteroatoms. The predicted octanol–water partition coefficient (Wildman–Crippen LogP) is 5.12. The lowest BCUT2D eigenvalue weighted by Gasteiger charge is -2.40. The molecule has 31 heavy (non-hydrogen) atoms. The fourth-order valence-electron chi connectivity index (χ4n) is 6.48. The molecule has 3 nitrogen and oxygen atoms in total. The first-order valence-electron chi connectivity index (χ1n) is 11.4. The van der Waals surface area contributed by atoms with Crippen LogP contribution in [0.2, 0.25) is 5.02 Å². The van der Waals surface area contributed by atoms with Gasteiger partial charge in [-0.15, -0.1) is 0 Å². The number of pyridine rings is 1. The zero-order valence-corrected chi connectivity index (χ0v) is 18.4. The van der Waals surface area contributed by atoms with E-state index in [0.717, 1.165) is 49.5 Å². The van der Waals surface area contributed by atoms with Crippen LogP contribution in [0.4, 0.5) is 0 Å². The van der Waals surface area contributed by atoms with E-state index < -0.39 is 0 Å². The quantitative estimate of drug-likeness (QED) is 0.623. The summed E-state index contributed by atoms with van der Waals surface area (Å²) in [5.74, 6) is 1.09. The molecule has 2 atom stereocenters. The molecule has 2 aliphatic carbocycles. The number of rotatable bonds is 4. The number of hydrogen-bond donors (Lipinski definition) is 1. The van der Waals surface area contributed by atoms with Crippen LogP contribution in [0.1, 0.15) is 53.0 Å². The number of piperidine rings is 1. The lowest BCUT2D eigenvalue weighted by Crippen LogP contribution is -2.44. The molecular formula is C27H27ClN2O. The van der Waals surface area contributed by atoms with Gasteiger partial charge in [0.15, 0.2) is 0 Å². The summed E-state index contributed by atoms with van der Waals surface area (Å²) in [5.41, 5.74) is 6.99. The van der Waals surface area contributed by atoms with Gasteiger partial charge in [0, 0.05) is 34.7 Å². The summed E-state index contributed by atoms with van der Waals surface area (Å²) in [5, 5.41) is 0.843. The lowest BCUT2D eigenvalue weighted by molar-refractivity contribution is 0.158. The van der Waals surface area contributed by atoms with E-state index in [2.05, 4.69) is 46.3 Å². The Kier molecular flexibility index (Phi) is 4.59. The molecule has 1 N–H and O–H groups in total. The summed E-state index contributed by atoms with van der Waals surface area (Å²) < 4.78 is 0. The average molecular weight is 431 g/mol. The predicted molar refractivity (Wildman–Crippen MR) is 125 cm³/mol.